The van der Waals surface area contributed by atoms with E-state index in [1.807, 2.05) is 54.6 Å². The quantitative estimate of drug-likeness (QED) is 0.675. The molecule has 0 radical (unpaired) electrons. The van der Waals surface area contributed by atoms with Gasteiger partial charge in [-0.15, -0.1) is 0 Å². The summed E-state index contributed by atoms with van der Waals surface area (Å²) in [6.45, 7) is 9.04. The molecular formula is C20H25N5O2S. The summed E-state index contributed by atoms with van der Waals surface area (Å²) in [5.41, 5.74) is 2.81. The summed E-state index contributed by atoms with van der Waals surface area (Å²) in [5, 5.41) is 5.66. The van der Waals surface area contributed by atoms with Gasteiger partial charge in [-0.1, -0.05) is 25.2 Å². The summed E-state index contributed by atoms with van der Waals surface area (Å²) in [6, 6.07) is 7.83. The Kier molecular flexibility index (Phi) is 4.97. The average molecular weight is 400 g/mol. The Balaban J connectivity index is 1.58. The SMILES string of the molecule is COc1ccc(-n2nc(C)c3sc(N4CCN(C(=O)C(C)C)CC4)nc32)cc1. The second-order valence-corrected chi connectivity index (χ2v) is 8.29. The summed E-state index contributed by atoms with van der Waals surface area (Å²) < 4.78 is 8.24. The lowest BCUT2D eigenvalue weighted by Gasteiger charge is -2.35. The van der Waals surface area contributed by atoms with Gasteiger partial charge in [-0.3, -0.25) is 4.79 Å². The topological polar surface area (TPSA) is 63.5 Å². The van der Waals surface area contributed by atoms with Crippen LogP contribution in [0.1, 0.15) is 19.5 Å². The summed E-state index contributed by atoms with van der Waals surface area (Å²) in [5.74, 6) is 1.10. The highest BCUT2D eigenvalue weighted by Gasteiger charge is 2.25. The van der Waals surface area contributed by atoms with E-state index in [0.717, 1.165) is 58.8 Å². The number of thiazole rings is 1. The standard InChI is InChI=1S/C20H25N5O2S/c1-13(2)19(26)23-9-11-24(12-10-23)20-21-18-17(28-20)14(3)22-25(18)15-5-7-16(27-4)8-6-15/h5-8,13H,9-12H2,1-4H3. The predicted octanol–water partition coefficient (Wildman–Crippen LogP) is 3.10. The Morgan fingerprint density at radius 2 is 1.82 bits per heavy atom. The van der Waals surface area contributed by atoms with E-state index in [4.69, 9.17) is 9.72 Å². The highest BCUT2D eigenvalue weighted by atomic mass is 32.1. The molecule has 0 atom stereocenters. The zero-order chi connectivity index (χ0) is 19.8. The van der Waals surface area contributed by atoms with E-state index < -0.39 is 0 Å². The number of rotatable bonds is 4. The Morgan fingerprint density at radius 3 is 2.43 bits per heavy atom. The number of aromatic nitrogens is 3. The molecule has 28 heavy (non-hydrogen) atoms. The number of anilines is 1. The third-order valence-corrected chi connectivity index (χ3v) is 6.26. The molecule has 0 saturated carbocycles. The summed E-state index contributed by atoms with van der Waals surface area (Å²) in [4.78, 5) is 21.3. The van der Waals surface area contributed by atoms with E-state index >= 15 is 0 Å². The van der Waals surface area contributed by atoms with Gasteiger partial charge in [-0.2, -0.15) is 10.1 Å². The summed E-state index contributed by atoms with van der Waals surface area (Å²) >= 11 is 1.67. The normalized spacial score (nSPS) is 14.9. The molecule has 0 N–H and O–H groups in total. The van der Waals surface area contributed by atoms with Crippen LogP contribution in [-0.4, -0.2) is 58.9 Å². The van der Waals surface area contributed by atoms with Crippen LogP contribution in [0.4, 0.5) is 5.13 Å². The fourth-order valence-corrected chi connectivity index (χ4v) is 4.48. The van der Waals surface area contributed by atoms with Crippen molar-refractivity contribution in [3.8, 4) is 11.4 Å². The molecule has 1 aliphatic heterocycles. The molecular weight excluding hydrogens is 374 g/mol. The minimum atomic E-state index is 0.0483. The zero-order valence-electron chi connectivity index (χ0n) is 16.7. The molecule has 0 aliphatic carbocycles. The van der Waals surface area contributed by atoms with E-state index in [9.17, 15) is 4.79 Å². The fourth-order valence-electron chi connectivity index (χ4n) is 3.45. The van der Waals surface area contributed by atoms with Gasteiger partial charge in [-0.25, -0.2) is 4.68 Å². The van der Waals surface area contributed by atoms with Crippen molar-refractivity contribution in [2.75, 3.05) is 38.2 Å². The molecule has 0 spiro atoms. The number of carbonyl (C=O) groups excluding carboxylic acids is 1. The van der Waals surface area contributed by atoms with Crippen molar-refractivity contribution in [1.82, 2.24) is 19.7 Å². The Bertz CT molecular complexity index is 984. The molecule has 0 unspecified atom stereocenters. The number of ether oxygens (including phenoxy) is 1. The third-order valence-electron chi connectivity index (χ3n) is 5.05. The molecule has 1 saturated heterocycles. The van der Waals surface area contributed by atoms with Gasteiger partial charge >= 0.3 is 0 Å². The van der Waals surface area contributed by atoms with Crippen molar-refractivity contribution in [2.24, 2.45) is 5.92 Å². The number of carbonyl (C=O) groups is 1. The predicted molar refractivity (Wildman–Crippen MR) is 112 cm³/mol. The van der Waals surface area contributed by atoms with Gasteiger partial charge in [-0.05, 0) is 31.2 Å². The first-order valence-electron chi connectivity index (χ1n) is 9.52. The van der Waals surface area contributed by atoms with Crippen LogP contribution in [-0.2, 0) is 4.79 Å². The van der Waals surface area contributed by atoms with Gasteiger partial charge < -0.3 is 14.5 Å². The Labute approximate surface area is 168 Å². The van der Waals surface area contributed by atoms with Crippen LogP contribution < -0.4 is 9.64 Å². The maximum atomic E-state index is 12.2. The van der Waals surface area contributed by atoms with Gasteiger partial charge in [0, 0.05) is 32.1 Å². The maximum absolute atomic E-state index is 12.2. The largest absolute Gasteiger partial charge is 0.497 e. The smallest absolute Gasteiger partial charge is 0.225 e. The van der Waals surface area contributed by atoms with Crippen LogP contribution in [0, 0.1) is 12.8 Å². The second-order valence-electron chi connectivity index (χ2n) is 7.31. The first kappa shape index (κ1) is 18.7. The number of hydrogen-bond acceptors (Lipinski definition) is 6. The number of nitrogens with zero attached hydrogens (tertiary/aromatic N) is 5. The number of piperazine rings is 1. The maximum Gasteiger partial charge on any atom is 0.225 e. The molecule has 1 aliphatic rings. The van der Waals surface area contributed by atoms with Crippen LogP contribution in [0.2, 0.25) is 0 Å². The molecule has 1 amide bonds. The van der Waals surface area contributed by atoms with E-state index in [1.54, 1.807) is 18.4 Å². The first-order chi connectivity index (χ1) is 13.5. The van der Waals surface area contributed by atoms with Crippen LogP contribution >= 0.6 is 11.3 Å². The van der Waals surface area contributed by atoms with Gasteiger partial charge in [0.2, 0.25) is 5.91 Å². The molecule has 3 aromatic rings. The third kappa shape index (κ3) is 3.32. The van der Waals surface area contributed by atoms with Crippen molar-refractivity contribution >= 4 is 32.7 Å². The van der Waals surface area contributed by atoms with Crippen molar-refractivity contribution in [3.05, 3.63) is 30.0 Å². The average Bonchev–Trinajstić information content (AvgIpc) is 3.28. The number of amides is 1. The molecule has 8 heteroatoms. The molecule has 148 valence electrons. The minimum absolute atomic E-state index is 0.0483. The molecule has 7 nitrogen and oxygen atoms in total. The monoisotopic (exact) mass is 399 g/mol. The lowest BCUT2D eigenvalue weighted by atomic mass is 10.2. The van der Waals surface area contributed by atoms with Crippen LogP contribution in [0.5, 0.6) is 5.75 Å². The van der Waals surface area contributed by atoms with E-state index in [-0.39, 0.29) is 11.8 Å². The minimum Gasteiger partial charge on any atom is -0.497 e. The molecule has 0 bridgehead atoms. The van der Waals surface area contributed by atoms with E-state index in [1.165, 1.54) is 0 Å². The van der Waals surface area contributed by atoms with Gasteiger partial charge in [0.1, 0.15) is 5.75 Å². The molecule has 2 aromatic heterocycles. The second kappa shape index (κ2) is 7.43. The van der Waals surface area contributed by atoms with Gasteiger partial charge in [0.25, 0.3) is 0 Å². The van der Waals surface area contributed by atoms with Crippen molar-refractivity contribution in [1.29, 1.82) is 0 Å². The summed E-state index contributed by atoms with van der Waals surface area (Å²) in [7, 11) is 1.66. The lowest BCUT2D eigenvalue weighted by Crippen LogP contribution is -2.49. The van der Waals surface area contributed by atoms with Crippen molar-refractivity contribution < 1.29 is 9.53 Å². The molecule has 3 heterocycles. The van der Waals surface area contributed by atoms with Gasteiger partial charge in [0.05, 0.1) is 23.2 Å². The number of fused-ring (bicyclic) bond motifs is 1. The number of methoxy groups -OCH3 is 1. The van der Waals surface area contributed by atoms with E-state index in [0.29, 0.717) is 0 Å². The summed E-state index contributed by atoms with van der Waals surface area (Å²) in [6.07, 6.45) is 0. The molecule has 1 aromatic carbocycles. The van der Waals surface area contributed by atoms with E-state index in [2.05, 4.69) is 10.00 Å². The van der Waals surface area contributed by atoms with Crippen molar-refractivity contribution in [2.45, 2.75) is 20.8 Å². The first-order valence-corrected chi connectivity index (χ1v) is 10.3. The molecule has 4 rings (SSSR count). The lowest BCUT2D eigenvalue weighted by molar-refractivity contribution is -0.134. The highest BCUT2D eigenvalue weighted by molar-refractivity contribution is 7.22. The van der Waals surface area contributed by atoms with Crippen LogP contribution in [0.3, 0.4) is 0 Å². The fraction of sp³-hybridized carbons (Fsp3) is 0.450. The Morgan fingerprint density at radius 1 is 1.14 bits per heavy atom. The highest BCUT2D eigenvalue weighted by Crippen LogP contribution is 2.33. The van der Waals surface area contributed by atoms with Crippen LogP contribution in [0.15, 0.2) is 24.3 Å². The van der Waals surface area contributed by atoms with Crippen LogP contribution in [0.25, 0.3) is 16.0 Å². The zero-order valence-corrected chi connectivity index (χ0v) is 17.5. The number of benzene rings is 1. The number of hydrogen-bond donors (Lipinski definition) is 0. The van der Waals surface area contributed by atoms with Gasteiger partial charge in [0.15, 0.2) is 10.8 Å². The number of aryl methyl sites for hydroxylation is 1. The molecule has 1 fully saturated rings. The van der Waals surface area contributed by atoms with Crippen molar-refractivity contribution in [3.63, 3.8) is 0 Å². The Hall–Kier alpha value is -2.61.